The zero-order valence-electron chi connectivity index (χ0n) is 11.6. The van der Waals surface area contributed by atoms with Crippen LogP contribution in [0, 0.1) is 0 Å². The fraction of sp³-hybridized carbons (Fsp3) is 0.562. The Morgan fingerprint density at radius 2 is 1.84 bits per heavy atom. The van der Waals surface area contributed by atoms with Gasteiger partial charge >= 0.3 is 5.97 Å². The zero-order valence-corrected chi connectivity index (χ0v) is 11.6. The third-order valence-corrected chi connectivity index (χ3v) is 4.03. The number of aliphatic hydroxyl groups is 1. The van der Waals surface area contributed by atoms with E-state index in [1.807, 2.05) is 38.1 Å². The van der Waals surface area contributed by atoms with Crippen LogP contribution in [0.5, 0.6) is 0 Å². The van der Waals surface area contributed by atoms with E-state index in [0.29, 0.717) is 0 Å². The number of benzene rings is 1. The van der Waals surface area contributed by atoms with Crippen LogP contribution in [0.15, 0.2) is 24.3 Å². The number of hydrogen-bond donors (Lipinski definition) is 2. The van der Waals surface area contributed by atoms with E-state index >= 15 is 0 Å². The zero-order chi connectivity index (χ0) is 14.1. The monoisotopic (exact) mass is 262 g/mol. The second kappa shape index (κ2) is 4.97. The van der Waals surface area contributed by atoms with Crippen LogP contribution >= 0.6 is 0 Å². The first-order chi connectivity index (χ1) is 8.81. The maximum Gasteiger partial charge on any atom is 0.304 e. The van der Waals surface area contributed by atoms with E-state index in [1.165, 1.54) is 5.56 Å². The van der Waals surface area contributed by atoms with Gasteiger partial charge in [-0.3, -0.25) is 4.79 Å². The van der Waals surface area contributed by atoms with Gasteiger partial charge in [-0.05, 0) is 36.8 Å². The van der Waals surface area contributed by atoms with E-state index in [-0.39, 0.29) is 11.8 Å². The normalized spacial score (nSPS) is 17.2. The Labute approximate surface area is 114 Å². The van der Waals surface area contributed by atoms with E-state index in [0.717, 1.165) is 31.2 Å². The van der Waals surface area contributed by atoms with Crippen LogP contribution in [-0.4, -0.2) is 21.8 Å². The Kier molecular flexibility index (Phi) is 3.68. The van der Waals surface area contributed by atoms with Crippen molar-refractivity contribution in [2.24, 2.45) is 0 Å². The van der Waals surface area contributed by atoms with Crippen molar-refractivity contribution in [1.82, 2.24) is 0 Å². The number of carbonyl (C=O) groups is 1. The molecule has 3 nitrogen and oxygen atoms in total. The molecule has 1 aliphatic rings. The number of carboxylic acids is 1. The van der Waals surface area contributed by atoms with Gasteiger partial charge in [-0.1, -0.05) is 38.1 Å². The first-order valence-corrected chi connectivity index (χ1v) is 6.84. The molecular weight excluding hydrogens is 240 g/mol. The lowest BCUT2D eigenvalue weighted by Crippen LogP contribution is -2.21. The summed E-state index contributed by atoms with van der Waals surface area (Å²) in [5, 5.41) is 18.7. The highest BCUT2D eigenvalue weighted by molar-refractivity contribution is 5.68. The molecule has 0 heterocycles. The molecule has 1 aliphatic carbocycles. The summed E-state index contributed by atoms with van der Waals surface area (Å²) in [7, 11) is 0. The van der Waals surface area contributed by atoms with Crippen LogP contribution in [0.1, 0.15) is 50.7 Å². The second-order valence-electron chi connectivity index (χ2n) is 6.38. The molecule has 0 bridgehead atoms. The fourth-order valence-corrected chi connectivity index (χ4v) is 2.37. The van der Waals surface area contributed by atoms with Gasteiger partial charge in [0.25, 0.3) is 0 Å². The minimum Gasteiger partial charge on any atom is -0.481 e. The van der Waals surface area contributed by atoms with Crippen LogP contribution < -0.4 is 0 Å². The molecule has 1 fully saturated rings. The third-order valence-electron chi connectivity index (χ3n) is 4.03. The van der Waals surface area contributed by atoms with E-state index in [9.17, 15) is 9.90 Å². The molecule has 2 rings (SSSR count). The van der Waals surface area contributed by atoms with Gasteiger partial charge in [0.2, 0.25) is 0 Å². The standard InChI is InChI=1S/C16H22O3/c1-15(2,11-14(17)18)13-5-3-12(4-6-13)7-8-16(19)9-10-16/h3-6,19H,7-11H2,1-2H3,(H,17,18). The number of aryl methyl sites for hydroxylation is 1. The van der Waals surface area contributed by atoms with Crippen molar-refractivity contribution >= 4 is 5.97 Å². The summed E-state index contributed by atoms with van der Waals surface area (Å²) in [6.07, 6.45) is 3.69. The molecule has 0 saturated heterocycles. The van der Waals surface area contributed by atoms with Crippen molar-refractivity contribution in [1.29, 1.82) is 0 Å². The highest BCUT2D eigenvalue weighted by Crippen LogP contribution is 2.39. The summed E-state index contributed by atoms with van der Waals surface area (Å²) in [4.78, 5) is 10.8. The highest BCUT2D eigenvalue weighted by Gasteiger charge is 2.39. The first kappa shape index (κ1) is 14.1. The van der Waals surface area contributed by atoms with E-state index in [1.54, 1.807) is 0 Å². The van der Waals surface area contributed by atoms with Gasteiger partial charge in [0.05, 0.1) is 12.0 Å². The maximum absolute atomic E-state index is 10.8. The largest absolute Gasteiger partial charge is 0.481 e. The van der Waals surface area contributed by atoms with E-state index < -0.39 is 11.6 Å². The van der Waals surface area contributed by atoms with Gasteiger partial charge in [0.15, 0.2) is 0 Å². The first-order valence-electron chi connectivity index (χ1n) is 6.84. The lowest BCUT2D eigenvalue weighted by atomic mass is 9.81. The minimum atomic E-state index is -0.773. The Morgan fingerprint density at radius 1 is 1.26 bits per heavy atom. The number of hydrogen-bond acceptors (Lipinski definition) is 2. The minimum absolute atomic E-state index is 0.131. The average molecular weight is 262 g/mol. The Balaban J connectivity index is 1.99. The third kappa shape index (κ3) is 3.80. The Hall–Kier alpha value is -1.35. The van der Waals surface area contributed by atoms with Gasteiger partial charge in [0.1, 0.15) is 0 Å². The highest BCUT2D eigenvalue weighted by atomic mass is 16.4. The molecule has 0 unspecified atom stereocenters. The van der Waals surface area contributed by atoms with Gasteiger partial charge in [-0.15, -0.1) is 0 Å². The fourth-order valence-electron chi connectivity index (χ4n) is 2.37. The quantitative estimate of drug-likeness (QED) is 0.828. The maximum atomic E-state index is 10.8. The molecule has 0 aromatic heterocycles. The average Bonchev–Trinajstić information content (AvgIpc) is 3.04. The molecule has 2 N–H and O–H groups in total. The molecule has 0 amide bonds. The second-order valence-corrected chi connectivity index (χ2v) is 6.38. The summed E-state index contributed by atoms with van der Waals surface area (Å²) in [6, 6.07) is 8.11. The van der Waals surface area contributed by atoms with Crippen molar-refractivity contribution in [3.63, 3.8) is 0 Å². The summed E-state index contributed by atoms with van der Waals surface area (Å²) < 4.78 is 0. The molecule has 3 heteroatoms. The summed E-state index contributed by atoms with van der Waals surface area (Å²) >= 11 is 0. The van der Waals surface area contributed by atoms with Crippen LogP contribution in [0.2, 0.25) is 0 Å². The molecule has 19 heavy (non-hydrogen) atoms. The molecule has 104 valence electrons. The van der Waals surface area contributed by atoms with Gasteiger partial charge in [-0.25, -0.2) is 0 Å². The Morgan fingerprint density at radius 3 is 2.32 bits per heavy atom. The summed E-state index contributed by atoms with van der Waals surface area (Å²) in [6.45, 7) is 3.89. The van der Waals surface area contributed by atoms with Gasteiger partial charge in [-0.2, -0.15) is 0 Å². The van der Waals surface area contributed by atoms with Crippen molar-refractivity contribution in [3.8, 4) is 0 Å². The van der Waals surface area contributed by atoms with Crippen molar-refractivity contribution in [3.05, 3.63) is 35.4 Å². The predicted octanol–water partition coefficient (Wildman–Crippen LogP) is 2.90. The molecule has 0 radical (unpaired) electrons. The van der Waals surface area contributed by atoms with E-state index in [2.05, 4.69) is 0 Å². The topological polar surface area (TPSA) is 57.5 Å². The predicted molar refractivity (Wildman–Crippen MR) is 74.2 cm³/mol. The molecule has 0 aliphatic heterocycles. The van der Waals surface area contributed by atoms with Crippen molar-refractivity contribution < 1.29 is 15.0 Å². The Bertz CT molecular complexity index is 455. The number of carboxylic acid groups (broad SMARTS) is 1. The van der Waals surface area contributed by atoms with Crippen molar-refractivity contribution in [2.75, 3.05) is 0 Å². The number of rotatable bonds is 6. The molecule has 0 spiro atoms. The van der Waals surface area contributed by atoms with E-state index in [4.69, 9.17) is 5.11 Å². The van der Waals surface area contributed by atoms with Gasteiger partial charge in [0, 0.05) is 5.41 Å². The molecule has 1 aromatic carbocycles. The van der Waals surface area contributed by atoms with Crippen molar-refractivity contribution in [2.45, 2.75) is 57.0 Å². The van der Waals surface area contributed by atoms with Crippen LogP contribution in [0.4, 0.5) is 0 Å². The van der Waals surface area contributed by atoms with Gasteiger partial charge < -0.3 is 10.2 Å². The molecular formula is C16H22O3. The lowest BCUT2D eigenvalue weighted by molar-refractivity contribution is -0.138. The molecule has 1 saturated carbocycles. The van der Waals surface area contributed by atoms with Crippen LogP contribution in [-0.2, 0) is 16.6 Å². The molecule has 0 atom stereocenters. The summed E-state index contributed by atoms with van der Waals surface area (Å²) in [5.74, 6) is -0.773. The SMILES string of the molecule is CC(C)(CC(=O)O)c1ccc(CCC2(O)CC2)cc1. The van der Waals surface area contributed by atoms with Crippen LogP contribution in [0.25, 0.3) is 0 Å². The smallest absolute Gasteiger partial charge is 0.304 e. The molecule has 1 aromatic rings. The number of aliphatic carboxylic acids is 1. The summed E-state index contributed by atoms with van der Waals surface area (Å²) in [5.41, 5.74) is 1.50. The lowest BCUT2D eigenvalue weighted by Gasteiger charge is -2.23. The van der Waals surface area contributed by atoms with Crippen LogP contribution in [0.3, 0.4) is 0 Å².